The fourth-order valence-electron chi connectivity index (χ4n) is 1.98. The van der Waals surface area contributed by atoms with Crippen molar-refractivity contribution >= 4 is 0 Å². The fourth-order valence-corrected chi connectivity index (χ4v) is 1.98. The van der Waals surface area contributed by atoms with Crippen molar-refractivity contribution in [3.05, 3.63) is 23.8 Å². The molecular weight excluding hydrogens is 218 g/mol. The maximum Gasteiger partial charge on any atom is 0.124 e. The summed E-state index contributed by atoms with van der Waals surface area (Å²) in [5, 5.41) is 31.4. The first-order valence-corrected chi connectivity index (χ1v) is 5.94. The number of benzene rings is 1. The van der Waals surface area contributed by atoms with E-state index < -0.39 is 0 Å². The quantitative estimate of drug-likeness (QED) is 0.612. The van der Waals surface area contributed by atoms with E-state index in [9.17, 15) is 10.2 Å². The second-order valence-corrected chi connectivity index (χ2v) is 4.37. The first kappa shape index (κ1) is 13.8. The third kappa shape index (κ3) is 3.91. The van der Waals surface area contributed by atoms with Crippen LogP contribution in [0.2, 0.25) is 0 Å². The van der Waals surface area contributed by atoms with Gasteiger partial charge in [0.2, 0.25) is 0 Å². The topological polar surface area (TPSA) is 72.7 Å². The highest BCUT2D eigenvalue weighted by Gasteiger charge is 2.16. The van der Waals surface area contributed by atoms with Crippen LogP contribution < -0.4 is 5.32 Å². The van der Waals surface area contributed by atoms with Gasteiger partial charge in [-0.2, -0.15) is 0 Å². The van der Waals surface area contributed by atoms with Gasteiger partial charge in [-0.1, -0.05) is 6.07 Å². The normalized spacial score (nSPS) is 14.5. The maximum atomic E-state index is 9.71. The minimum Gasteiger partial charge on any atom is -0.507 e. The molecule has 0 amide bonds. The third-order valence-electron chi connectivity index (χ3n) is 2.82. The molecule has 4 nitrogen and oxygen atoms in total. The molecule has 96 valence electrons. The number of aliphatic hydroxyl groups is 1. The molecule has 0 saturated heterocycles. The van der Waals surface area contributed by atoms with E-state index in [0.29, 0.717) is 5.56 Å². The Balaban J connectivity index is 2.66. The molecular formula is C13H21NO3. The zero-order chi connectivity index (χ0) is 12.8. The van der Waals surface area contributed by atoms with Gasteiger partial charge in [-0.05, 0) is 38.8 Å². The number of hydrogen-bond acceptors (Lipinski definition) is 4. The van der Waals surface area contributed by atoms with Crippen LogP contribution in [0.4, 0.5) is 0 Å². The average molecular weight is 239 g/mol. The molecule has 0 aliphatic heterocycles. The summed E-state index contributed by atoms with van der Waals surface area (Å²) in [5.74, 6) is 0.193. The van der Waals surface area contributed by atoms with Crippen molar-refractivity contribution < 1.29 is 15.3 Å². The average Bonchev–Trinajstić information content (AvgIpc) is 2.26. The molecule has 0 bridgehead atoms. The van der Waals surface area contributed by atoms with Gasteiger partial charge in [0, 0.05) is 18.7 Å². The Morgan fingerprint density at radius 2 is 1.76 bits per heavy atom. The first-order valence-electron chi connectivity index (χ1n) is 5.94. The zero-order valence-electron chi connectivity index (χ0n) is 10.3. The largest absolute Gasteiger partial charge is 0.507 e. The summed E-state index contributed by atoms with van der Waals surface area (Å²) in [4.78, 5) is 0. The predicted molar refractivity (Wildman–Crippen MR) is 67.1 cm³/mol. The molecule has 1 aromatic carbocycles. The van der Waals surface area contributed by atoms with Gasteiger partial charge in [0.05, 0.1) is 5.56 Å². The van der Waals surface area contributed by atoms with Crippen molar-refractivity contribution in [3.8, 4) is 11.5 Å². The molecule has 17 heavy (non-hydrogen) atoms. The van der Waals surface area contributed by atoms with Gasteiger partial charge >= 0.3 is 0 Å². The predicted octanol–water partition coefficient (Wildman–Crippen LogP) is 1.91. The molecule has 1 rings (SSSR count). The van der Waals surface area contributed by atoms with E-state index in [2.05, 4.69) is 5.32 Å². The molecule has 2 atom stereocenters. The zero-order valence-corrected chi connectivity index (χ0v) is 10.3. The van der Waals surface area contributed by atoms with Gasteiger partial charge in [0.15, 0.2) is 0 Å². The van der Waals surface area contributed by atoms with E-state index in [1.54, 1.807) is 18.2 Å². The van der Waals surface area contributed by atoms with Crippen LogP contribution in [0.3, 0.4) is 0 Å². The lowest BCUT2D eigenvalue weighted by Gasteiger charge is -2.21. The van der Waals surface area contributed by atoms with Crippen LogP contribution in [0.25, 0.3) is 0 Å². The molecule has 4 heteroatoms. The molecule has 0 aliphatic rings. The summed E-state index contributed by atoms with van der Waals surface area (Å²) < 4.78 is 0. The molecule has 0 aliphatic carbocycles. The second-order valence-electron chi connectivity index (χ2n) is 4.37. The Morgan fingerprint density at radius 1 is 1.18 bits per heavy atom. The van der Waals surface area contributed by atoms with Crippen LogP contribution in [-0.2, 0) is 0 Å². The summed E-state index contributed by atoms with van der Waals surface area (Å²) >= 11 is 0. The number of phenolic OH excluding ortho intramolecular Hbond substituents is 2. The van der Waals surface area contributed by atoms with Crippen molar-refractivity contribution in [2.24, 2.45) is 0 Å². The Hall–Kier alpha value is -1.26. The smallest absolute Gasteiger partial charge is 0.124 e. The van der Waals surface area contributed by atoms with Crippen LogP contribution >= 0.6 is 0 Å². The molecule has 0 fully saturated rings. The summed E-state index contributed by atoms with van der Waals surface area (Å²) in [6.45, 7) is 4.09. The summed E-state index contributed by atoms with van der Waals surface area (Å²) in [6, 6.07) is 4.81. The lowest BCUT2D eigenvalue weighted by atomic mass is 10.0. The number of aliphatic hydroxyl groups excluding tert-OH is 1. The van der Waals surface area contributed by atoms with E-state index in [1.165, 1.54) is 0 Å². The standard InChI is InChI=1S/C13H21NO3/c1-9(5-4-8-15)14-10(2)13-11(16)6-3-7-12(13)17/h3,6-7,9-10,14-17H,4-5,8H2,1-2H3. The Kier molecular flexibility index (Phi) is 5.25. The van der Waals surface area contributed by atoms with Gasteiger partial charge in [-0.3, -0.25) is 0 Å². The van der Waals surface area contributed by atoms with E-state index in [-0.39, 0.29) is 30.2 Å². The van der Waals surface area contributed by atoms with E-state index >= 15 is 0 Å². The Bertz CT molecular complexity index is 334. The van der Waals surface area contributed by atoms with Crippen LogP contribution in [-0.4, -0.2) is 28.0 Å². The summed E-state index contributed by atoms with van der Waals surface area (Å²) in [7, 11) is 0. The van der Waals surface area contributed by atoms with Gasteiger partial charge in [-0.15, -0.1) is 0 Å². The Morgan fingerprint density at radius 3 is 2.29 bits per heavy atom. The van der Waals surface area contributed by atoms with Crippen LogP contribution in [0.1, 0.15) is 38.3 Å². The number of rotatable bonds is 6. The van der Waals surface area contributed by atoms with Gasteiger partial charge in [0.25, 0.3) is 0 Å². The molecule has 0 heterocycles. The Labute approximate surface area is 102 Å². The minimum atomic E-state index is -0.134. The molecule has 2 unspecified atom stereocenters. The molecule has 1 aromatic rings. The molecule has 0 spiro atoms. The number of hydrogen-bond donors (Lipinski definition) is 4. The highest BCUT2D eigenvalue weighted by atomic mass is 16.3. The maximum absolute atomic E-state index is 9.71. The summed E-state index contributed by atoms with van der Waals surface area (Å²) in [6.07, 6.45) is 1.60. The van der Waals surface area contributed by atoms with Crippen molar-refractivity contribution in [1.82, 2.24) is 5.32 Å². The highest BCUT2D eigenvalue weighted by molar-refractivity contribution is 5.44. The van der Waals surface area contributed by atoms with Crippen molar-refractivity contribution in [2.45, 2.75) is 38.8 Å². The van der Waals surface area contributed by atoms with Crippen LogP contribution in [0.15, 0.2) is 18.2 Å². The second kappa shape index (κ2) is 6.47. The number of nitrogens with one attached hydrogen (secondary N) is 1. The van der Waals surface area contributed by atoms with Gasteiger partial charge < -0.3 is 20.6 Å². The lowest BCUT2D eigenvalue weighted by Crippen LogP contribution is -2.29. The van der Waals surface area contributed by atoms with E-state index in [4.69, 9.17) is 5.11 Å². The van der Waals surface area contributed by atoms with E-state index in [0.717, 1.165) is 12.8 Å². The lowest BCUT2D eigenvalue weighted by molar-refractivity contribution is 0.273. The van der Waals surface area contributed by atoms with Gasteiger partial charge in [-0.25, -0.2) is 0 Å². The molecule has 0 radical (unpaired) electrons. The first-order chi connectivity index (χ1) is 8.06. The third-order valence-corrected chi connectivity index (χ3v) is 2.82. The molecule has 0 saturated carbocycles. The minimum absolute atomic E-state index is 0.0966. The van der Waals surface area contributed by atoms with Crippen molar-refractivity contribution in [2.75, 3.05) is 6.61 Å². The van der Waals surface area contributed by atoms with Gasteiger partial charge in [0.1, 0.15) is 11.5 Å². The molecule has 0 aromatic heterocycles. The SMILES string of the molecule is CC(CCCO)NC(C)c1c(O)cccc1O. The van der Waals surface area contributed by atoms with E-state index in [1.807, 2.05) is 13.8 Å². The number of aromatic hydroxyl groups is 2. The van der Waals surface area contributed by atoms with Crippen molar-refractivity contribution in [3.63, 3.8) is 0 Å². The van der Waals surface area contributed by atoms with Crippen LogP contribution in [0, 0.1) is 0 Å². The fraction of sp³-hybridized carbons (Fsp3) is 0.538. The summed E-state index contributed by atoms with van der Waals surface area (Å²) in [5.41, 5.74) is 0.517. The molecule has 4 N–H and O–H groups in total. The monoisotopic (exact) mass is 239 g/mol. The van der Waals surface area contributed by atoms with Crippen LogP contribution in [0.5, 0.6) is 11.5 Å². The number of phenols is 2. The van der Waals surface area contributed by atoms with Crippen molar-refractivity contribution in [1.29, 1.82) is 0 Å². The highest BCUT2D eigenvalue weighted by Crippen LogP contribution is 2.32.